The molecule has 1 aromatic heterocycles. The van der Waals surface area contributed by atoms with Crippen LogP contribution in [0.15, 0.2) is 16.5 Å². The number of rotatable bonds is 5. The van der Waals surface area contributed by atoms with Crippen molar-refractivity contribution in [1.82, 2.24) is 9.80 Å². The Kier molecular flexibility index (Phi) is 5.23. The molecule has 1 N–H and O–H groups in total. The Balaban J connectivity index is 2.75. The molecule has 1 aromatic rings. The number of carboxylic acids is 1. The molecule has 1 rings (SSSR count). The lowest BCUT2D eigenvalue weighted by molar-refractivity contribution is -0.149. The van der Waals surface area contributed by atoms with Gasteiger partial charge in [-0.2, -0.15) is 13.2 Å². The van der Waals surface area contributed by atoms with E-state index in [2.05, 4.69) is 0 Å². The van der Waals surface area contributed by atoms with Crippen molar-refractivity contribution >= 4 is 12.0 Å². The normalized spacial score (nSPS) is 11.3. The van der Waals surface area contributed by atoms with Crippen LogP contribution in [-0.2, 0) is 11.3 Å². The number of urea groups is 1. The second kappa shape index (κ2) is 6.51. The fourth-order valence-corrected chi connectivity index (χ4v) is 1.68. The number of alkyl halides is 3. The zero-order chi connectivity index (χ0) is 16.2. The molecule has 0 atom stereocenters. The summed E-state index contributed by atoms with van der Waals surface area (Å²) in [5, 5.41) is 8.61. The van der Waals surface area contributed by atoms with Crippen LogP contribution in [0.4, 0.5) is 18.0 Å². The summed E-state index contributed by atoms with van der Waals surface area (Å²) in [6.07, 6.45) is -4.67. The van der Waals surface area contributed by atoms with Gasteiger partial charge in [-0.05, 0) is 19.1 Å². The first-order valence-corrected chi connectivity index (χ1v) is 5.92. The van der Waals surface area contributed by atoms with E-state index in [0.29, 0.717) is 11.5 Å². The number of hydrogen-bond donors (Lipinski definition) is 1. The maximum Gasteiger partial charge on any atom is 0.406 e. The predicted molar refractivity (Wildman–Crippen MR) is 65.6 cm³/mol. The van der Waals surface area contributed by atoms with Crippen molar-refractivity contribution < 1.29 is 32.3 Å². The molecule has 0 spiro atoms. The molecule has 0 aliphatic rings. The number of furan rings is 1. The number of amides is 2. The molecular weight excluding hydrogens is 293 g/mol. The molecular formula is C12H15F3N2O4. The first kappa shape index (κ1) is 16.9. The SMILES string of the molecule is Cc1ccc(CN(C)C(=O)N(CC(=O)O)CC(F)(F)F)o1. The number of aliphatic carboxylic acids is 1. The lowest BCUT2D eigenvalue weighted by atomic mass is 10.4. The molecule has 21 heavy (non-hydrogen) atoms. The maximum atomic E-state index is 12.4. The highest BCUT2D eigenvalue weighted by Crippen LogP contribution is 2.18. The van der Waals surface area contributed by atoms with Crippen molar-refractivity contribution in [3.63, 3.8) is 0 Å². The number of nitrogens with zero attached hydrogens (tertiary/aromatic N) is 2. The van der Waals surface area contributed by atoms with Crippen LogP contribution in [0.1, 0.15) is 11.5 Å². The molecule has 0 aliphatic carbocycles. The van der Waals surface area contributed by atoms with Gasteiger partial charge in [0.1, 0.15) is 24.6 Å². The van der Waals surface area contributed by atoms with Gasteiger partial charge in [0.15, 0.2) is 0 Å². The molecule has 0 unspecified atom stereocenters. The van der Waals surface area contributed by atoms with Crippen LogP contribution in [-0.4, -0.2) is 53.2 Å². The molecule has 118 valence electrons. The minimum atomic E-state index is -4.67. The summed E-state index contributed by atoms with van der Waals surface area (Å²) >= 11 is 0. The van der Waals surface area contributed by atoms with Crippen molar-refractivity contribution in [2.45, 2.75) is 19.6 Å². The summed E-state index contributed by atoms with van der Waals surface area (Å²) in [4.78, 5) is 23.7. The van der Waals surface area contributed by atoms with Gasteiger partial charge in [-0.15, -0.1) is 0 Å². The van der Waals surface area contributed by atoms with Gasteiger partial charge in [0.25, 0.3) is 0 Å². The summed E-state index contributed by atoms with van der Waals surface area (Å²) < 4.78 is 42.4. The summed E-state index contributed by atoms with van der Waals surface area (Å²) in [6.45, 7) is -1.02. The molecule has 0 saturated carbocycles. The molecule has 0 saturated heterocycles. The van der Waals surface area contributed by atoms with E-state index >= 15 is 0 Å². The van der Waals surface area contributed by atoms with Gasteiger partial charge in [0.05, 0.1) is 6.54 Å². The molecule has 0 radical (unpaired) electrons. The first-order chi connectivity index (χ1) is 9.58. The largest absolute Gasteiger partial charge is 0.480 e. The Morgan fingerprint density at radius 2 is 1.95 bits per heavy atom. The second-order valence-electron chi connectivity index (χ2n) is 4.52. The molecule has 0 fully saturated rings. The second-order valence-corrected chi connectivity index (χ2v) is 4.52. The van der Waals surface area contributed by atoms with E-state index in [4.69, 9.17) is 9.52 Å². The Labute approximate surface area is 118 Å². The van der Waals surface area contributed by atoms with Crippen LogP contribution in [0, 0.1) is 6.92 Å². The van der Waals surface area contributed by atoms with Gasteiger partial charge in [0, 0.05) is 7.05 Å². The summed E-state index contributed by atoms with van der Waals surface area (Å²) in [6, 6.07) is 2.20. The van der Waals surface area contributed by atoms with E-state index in [1.165, 1.54) is 7.05 Å². The summed E-state index contributed by atoms with van der Waals surface area (Å²) in [5.41, 5.74) is 0. The lowest BCUT2D eigenvalue weighted by Gasteiger charge is -2.27. The van der Waals surface area contributed by atoms with Gasteiger partial charge in [-0.3, -0.25) is 4.79 Å². The number of carbonyl (C=O) groups is 2. The van der Waals surface area contributed by atoms with Gasteiger partial charge < -0.3 is 19.3 Å². The Bertz CT molecular complexity index is 513. The number of aryl methyl sites for hydroxylation is 1. The monoisotopic (exact) mass is 308 g/mol. The third-order valence-corrected chi connectivity index (χ3v) is 2.48. The molecule has 0 aliphatic heterocycles. The zero-order valence-corrected chi connectivity index (χ0v) is 11.5. The van der Waals surface area contributed by atoms with Crippen LogP contribution in [0.2, 0.25) is 0 Å². The van der Waals surface area contributed by atoms with Gasteiger partial charge in [0.2, 0.25) is 0 Å². The topological polar surface area (TPSA) is 74.0 Å². The van der Waals surface area contributed by atoms with Crippen LogP contribution < -0.4 is 0 Å². The zero-order valence-electron chi connectivity index (χ0n) is 11.5. The maximum absolute atomic E-state index is 12.4. The highest BCUT2D eigenvalue weighted by atomic mass is 19.4. The van der Waals surface area contributed by atoms with Crippen molar-refractivity contribution in [1.29, 1.82) is 0 Å². The molecule has 2 amide bonds. The number of carbonyl (C=O) groups excluding carboxylic acids is 1. The summed E-state index contributed by atoms with van der Waals surface area (Å²) in [7, 11) is 1.27. The number of halogens is 3. The Morgan fingerprint density at radius 1 is 1.33 bits per heavy atom. The predicted octanol–water partition coefficient (Wildman–Crippen LogP) is 2.09. The van der Waals surface area contributed by atoms with Gasteiger partial charge in [-0.25, -0.2) is 4.79 Å². The highest BCUT2D eigenvalue weighted by molar-refractivity contribution is 5.80. The molecule has 0 bridgehead atoms. The highest BCUT2D eigenvalue weighted by Gasteiger charge is 2.35. The molecule has 0 aromatic carbocycles. The average Bonchev–Trinajstić information content (AvgIpc) is 2.70. The van der Waals surface area contributed by atoms with Crippen LogP contribution in [0.5, 0.6) is 0 Å². The summed E-state index contributed by atoms with van der Waals surface area (Å²) in [5.74, 6) is -0.524. The first-order valence-electron chi connectivity index (χ1n) is 5.92. The average molecular weight is 308 g/mol. The fraction of sp³-hybridized carbons (Fsp3) is 0.500. The van der Waals surface area contributed by atoms with E-state index in [9.17, 15) is 22.8 Å². The fourth-order valence-electron chi connectivity index (χ4n) is 1.68. The Morgan fingerprint density at radius 3 is 2.38 bits per heavy atom. The minimum absolute atomic E-state index is 0.0549. The third-order valence-electron chi connectivity index (χ3n) is 2.48. The molecule has 1 heterocycles. The van der Waals surface area contributed by atoms with Crippen LogP contribution in [0.25, 0.3) is 0 Å². The van der Waals surface area contributed by atoms with Gasteiger partial charge >= 0.3 is 18.2 Å². The van der Waals surface area contributed by atoms with Crippen molar-refractivity contribution in [3.8, 4) is 0 Å². The smallest absolute Gasteiger partial charge is 0.406 e. The van der Waals surface area contributed by atoms with Crippen molar-refractivity contribution in [2.75, 3.05) is 20.1 Å². The van der Waals surface area contributed by atoms with E-state index < -0.39 is 31.3 Å². The quantitative estimate of drug-likeness (QED) is 0.904. The van der Waals surface area contributed by atoms with Crippen molar-refractivity contribution in [2.24, 2.45) is 0 Å². The van der Waals surface area contributed by atoms with Crippen LogP contribution >= 0.6 is 0 Å². The van der Waals surface area contributed by atoms with E-state index in [1.54, 1.807) is 19.1 Å². The van der Waals surface area contributed by atoms with E-state index in [-0.39, 0.29) is 11.4 Å². The number of carboxylic acid groups (broad SMARTS) is 1. The van der Waals surface area contributed by atoms with Crippen LogP contribution in [0.3, 0.4) is 0 Å². The van der Waals surface area contributed by atoms with Crippen molar-refractivity contribution in [3.05, 3.63) is 23.7 Å². The molecule has 9 heteroatoms. The third kappa shape index (κ3) is 5.76. The standard InChI is InChI=1S/C12H15F3N2O4/c1-8-3-4-9(21-8)5-16(2)11(20)17(6-10(18)19)7-12(13,14)15/h3-4H,5-7H2,1-2H3,(H,18,19). The van der Waals surface area contributed by atoms with Gasteiger partial charge in [-0.1, -0.05) is 0 Å². The molecule has 6 nitrogen and oxygen atoms in total. The number of hydrogen-bond acceptors (Lipinski definition) is 3. The van der Waals surface area contributed by atoms with E-state index in [1.807, 2.05) is 0 Å². The lowest BCUT2D eigenvalue weighted by Crippen LogP contribution is -2.47. The Hall–Kier alpha value is -2.19. The van der Waals surface area contributed by atoms with E-state index in [0.717, 1.165) is 4.90 Å². The minimum Gasteiger partial charge on any atom is -0.480 e.